The largest absolute Gasteiger partial charge is 0.379 e. The number of aliphatic imine (C=N–C) groups is 1. The van der Waals surface area contributed by atoms with Gasteiger partial charge in [-0.2, -0.15) is 4.39 Å². The Morgan fingerprint density at radius 2 is 2.00 bits per heavy atom. The van der Waals surface area contributed by atoms with E-state index in [-0.39, 0.29) is 0 Å². The number of nitrogens with two attached hydrogens (primary N) is 1. The van der Waals surface area contributed by atoms with Gasteiger partial charge >= 0.3 is 0 Å². The average molecular weight is 419 g/mol. The van der Waals surface area contributed by atoms with Gasteiger partial charge in [0.25, 0.3) is 0 Å². The first-order valence-corrected chi connectivity index (χ1v) is 11.1. The fourth-order valence-corrected chi connectivity index (χ4v) is 5.66. The van der Waals surface area contributed by atoms with Gasteiger partial charge in [-0.15, -0.1) is 0 Å². The van der Waals surface area contributed by atoms with E-state index in [0.29, 0.717) is 16.6 Å². The molecule has 0 radical (unpaired) electrons. The summed E-state index contributed by atoms with van der Waals surface area (Å²) in [4.78, 5) is 11.2. The Hall–Kier alpha value is -2.86. The second kappa shape index (κ2) is 7.43. The lowest BCUT2D eigenvalue weighted by Crippen LogP contribution is -2.40. The van der Waals surface area contributed by atoms with Gasteiger partial charge in [-0.3, -0.25) is 0 Å². The van der Waals surface area contributed by atoms with E-state index in [4.69, 9.17) is 10.7 Å². The number of aromatic nitrogens is 1. The fourth-order valence-electron chi connectivity index (χ4n) is 4.68. The molecular formula is C24H23FN4S. The molecule has 0 bridgehead atoms. The molecule has 5 rings (SSSR count). The molecule has 2 aromatic carbocycles. The summed E-state index contributed by atoms with van der Waals surface area (Å²) in [7, 11) is 0. The lowest BCUT2D eigenvalue weighted by Gasteiger charge is -2.35. The van der Waals surface area contributed by atoms with Crippen molar-refractivity contribution in [2.45, 2.75) is 12.5 Å². The standard InChI is InChI=1S/C24H23FN4S/c1-16-6-2-3-10-21(16)29-13-19-14-30-23(26)28-24(19,15-29)18-8-4-7-17(12-18)20-9-5-11-27-22(20)25/h2-12,19H,13-15H2,1H3,(H2,26,28). The highest BCUT2D eigenvalue weighted by Crippen LogP contribution is 2.47. The van der Waals surface area contributed by atoms with Crippen LogP contribution in [0.25, 0.3) is 11.1 Å². The first-order chi connectivity index (χ1) is 14.6. The average Bonchev–Trinajstić information content (AvgIpc) is 3.14. The molecule has 0 amide bonds. The van der Waals surface area contributed by atoms with Crippen molar-refractivity contribution in [1.82, 2.24) is 4.98 Å². The van der Waals surface area contributed by atoms with Crippen LogP contribution in [0, 0.1) is 18.8 Å². The van der Waals surface area contributed by atoms with E-state index in [9.17, 15) is 4.39 Å². The first-order valence-electron chi connectivity index (χ1n) is 10.1. The fraction of sp³-hybridized carbons (Fsp3) is 0.250. The molecule has 2 aliphatic rings. The first kappa shape index (κ1) is 19.1. The van der Waals surface area contributed by atoms with Crippen LogP contribution in [0.4, 0.5) is 10.1 Å². The minimum atomic E-state index is -0.459. The summed E-state index contributed by atoms with van der Waals surface area (Å²) in [5.41, 5.74) is 10.7. The van der Waals surface area contributed by atoms with Crippen molar-refractivity contribution in [3.63, 3.8) is 0 Å². The molecule has 2 unspecified atom stereocenters. The van der Waals surface area contributed by atoms with Gasteiger partial charge in [0.1, 0.15) is 5.54 Å². The van der Waals surface area contributed by atoms with E-state index >= 15 is 0 Å². The van der Waals surface area contributed by atoms with Crippen molar-refractivity contribution < 1.29 is 4.39 Å². The van der Waals surface area contributed by atoms with E-state index in [2.05, 4.69) is 53.2 Å². The zero-order chi connectivity index (χ0) is 20.7. The number of halogens is 1. The van der Waals surface area contributed by atoms with Crippen LogP contribution in [-0.4, -0.2) is 29.0 Å². The second-order valence-corrected chi connectivity index (χ2v) is 9.01. The summed E-state index contributed by atoms with van der Waals surface area (Å²) in [6.07, 6.45) is 1.47. The third-order valence-electron chi connectivity index (χ3n) is 6.18. The quantitative estimate of drug-likeness (QED) is 0.632. The van der Waals surface area contributed by atoms with Gasteiger partial charge in [-0.05, 0) is 47.9 Å². The van der Waals surface area contributed by atoms with Crippen molar-refractivity contribution in [3.8, 4) is 11.1 Å². The maximum Gasteiger partial charge on any atom is 0.220 e. The molecule has 152 valence electrons. The molecule has 2 aliphatic heterocycles. The summed E-state index contributed by atoms with van der Waals surface area (Å²) >= 11 is 1.62. The minimum absolute atomic E-state index is 0.323. The highest BCUT2D eigenvalue weighted by atomic mass is 32.2. The van der Waals surface area contributed by atoms with Crippen LogP contribution in [0.3, 0.4) is 0 Å². The Morgan fingerprint density at radius 3 is 2.83 bits per heavy atom. The van der Waals surface area contributed by atoms with Gasteiger partial charge in [0.2, 0.25) is 5.95 Å². The molecule has 4 nitrogen and oxygen atoms in total. The molecule has 2 atom stereocenters. The van der Waals surface area contributed by atoms with E-state index in [1.54, 1.807) is 23.9 Å². The maximum absolute atomic E-state index is 14.3. The smallest absolute Gasteiger partial charge is 0.220 e. The van der Waals surface area contributed by atoms with Crippen LogP contribution >= 0.6 is 11.8 Å². The predicted octanol–water partition coefficient (Wildman–Crippen LogP) is 4.59. The van der Waals surface area contributed by atoms with E-state index in [1.165, 1.54) is 17.4 Å². The lowest BCUT2D eigenvalue weighted by molar-refractivity contribution is 0.388. The molecule has 3 aromatic rings. The molecule has 1 saturated heterocycles. The normalized spacial score (nSPS) is 23.2. The van der Waals surface area contributed by atoms with Gasteiger partial charge in [0.05, 0.1) is 0 Å². The van der Waals surface area contributed by atoms with Crippen molar-refractivity contribution in [1.29, 1.82) is 0 Å². The third-order valence-corrected chi connectivity index (χ3v) is 7.13. The van der Waals surface area contributed by atoms with Crippen molar-refractivity contribution in [3.05, 3.63) is 83.9 Å². The Morgan fingerprint density at radius 1 is 1.13 bits per heavy atom. The SMILES string of the molecule is Cc1ccccc1N1CC2CSC(N)=NC2(c2cccc(-c3cccnc3F)c2)C1. The highest BCUT2D eigenvalue weighted by molar-refractivity contribution is 8.13. The zero-order valence-corrected chi connectivity index (χ0v) is 17.6. The number of para-hydroxylation sites is 1. The van der Waals surface area contributed by atoms with E-state index in [0.717, 1.165) is 30.0 Å². The number of benzene rings is 2. The van der Waals surface area contributed by atoms with Crippen LogP contribution in [0.1, 0.15) is 11.1 Å². The van der Waals surface area contributed by atoms with Crippen LogP contribution < -0.4 is 10.6 Å². The van der Waals surface area contributed by atoms with Crippen molar-refractivity contribution in [2.75, 3.05) is 23.7 Å². The summed E-state index contributed by atoms with van der Waals surface area (Å²) in [5.74, 6) is 0.783. The topological polar surface area (TPSA) is 54.5 Å². The Bertz CT molecular complexity index is 1130. The molecule has 1 aromatic heterocycles. The Balaban J connectivity index is 1.60. The molecule has 2 N–H and O–H groups in total. The number of fused-ring (bicyclic) bond motifs is 1. The summed E-state index contributed by atoms with van der Waals surface area (Å²) in [6.45, 7) is 3.81. The number of hydrogen-bond acceptors (Lipinski definition) is 5. The van der Waals surface area contributed by atoms with E-state index < -0.39 is 11.5 Å². The maximum atomic E-state index is 14.3. The highest BCUT2D eigenvalue weighted by Gasteiger charge is 2.50. The van der Waals surface area contributed by atoms with E-state index in [1.807, 2.05) is 12.1 Å². The molecule has 3 heterocycles. The summed E-state index contributed by atoms with van der Waals surface area (Å²) < 4.78 is 14.3. The lowest BCUT2D eigenvalue weighted by atomic mass is 9.81. The number of pyridine rings is 1. The van der Waals surface area contributed by atoms with Crippen molar-refractivity contribution >= 4 is 22.6 Å². The van der Waals surface area contributed by atoms with Gasteiger partial charge < -0.3 is 10.6 Å². The molecule has 0 saturated carbocycles. The Labute approximate surface area is 180 Å². The number of aryl methyl sites for hydroxylation is 1. The Kier molecular flexibility index (Phi) is 4.74. The third kappa shape index (κ3) is 3.16. The molecule has 0 aliphatic carbocycles. The molecule has 1 fully saturated rings. The van der Waals surface area contributed by atoms with Crippen molar-refractivity contribution in [2.24, 2.45) is 16.6 Å². The number of rotatable bonds is 3. The molecule has 6 heteroatoms. The summed E-state index contributed by atoms with van der Waals surface area (Å²) in [6, 6.07) is 20.0. The second-order valence-electron chi connectivity index (χ2n) is 7.97. The monoisotopic (exact) mass is 418 g/mol. The predicted molar refractivity (Wildman–Crippen MR) is 122 cm³/mol. The van der Waals surface area contributed by atoms with Gasteiger partial charge in [-0.1, -0.05) is 48.2 Å². The zero-order valence-electron chi connectivity index (χ0n) is 16.8. The number of nitrogens with zero attached hydrogens (tertiary/aromatic N) is 3. The number of amidine groups is 1. The minimum Gasteiger partial charge on any atom is -0.379 e. The molecular weight excluding hydrogens is 395 g/mol. The van der Waals surface area contributed by atoms with Crippen LogP contribution in [0.5, 0.6) is 0 Å². The molecule has 30 heavy (non-hydrogen) atoms. The number of hydrogen-bond donors (Lipinski definition) is 1. The van der Waals surface area contributed by atoms with Gasteiger partial charge in [-0.25, -0.2) is 9.98 Å². The van der Waals surface area contributed by atoms with Gasteiger partial charge in [0, 0.05) is 42.2 Å². The van der Waals surface area contributed by atoms with Crippen LogP contribution in [0.15, 0.2) is 71.9 Å². The van der Waals surface area contributed by atoms with Crippen LogP contribution in [-0.2, 0) is 5.54 Å². The van der Waals surface area contributed by atoms with Crippen LogP contribution in [0.2, 0.25) is 0 Å². The summed E-state index contributed by atoms with van der Waals surface area (Å²) in [5, 5.41) is 0.621. The molecule has 0 spiro atoms. The van der Waals surface area contributed by atoms with Gasteiger partial charge in [0.15, 0.2) is 5.17 Å². The number of anilines is 1. The number of thioether (sulfide) groups is 1.